The SMILES string of the molecule is COc1ccc(Cc2nc(Cc3ccn(C)n3)ncc2[N+](=O)[O-])cc1. The number of hydrogen-bond donors (Lipinski definition) is 0. The topological polar surface area (TPSA) is 96.0 Å². The predicted molar refractivity (Wildman–Crippen MR) is 90.5 cm³/mol. The molecule has 0 fully saturated rings. The number of aryl methyl sites for hydroxylation is 1. The number of hydrogen-bond acceptors (Lipinski definition) is 6. The molecule has 0 amide bonds. The lowest BCUT2D eigenvalue weighted by Crippen LogP contribution is -2.06. The quantitative estimate of drug-likeness (QED) is 0.505. The second-order valence-corrected chi connectivity index (χ2v) is 5.56. The Kier molecular flexibility index (Phi) is 4.69. The van der Waals surface area contributed by atoms with Crippen molar-refractivity contribution in [2.24, 2.45) is 7.05 Å². The maximum Gasteiger partial charge on any atom is 0.309 e. The molecule has 3 aromatic rings. The van der Waals surface area contributed by atoms with Crippen molar-refractivity contribution < 1.29 is 9.66 Å². The number of aromatic nitrogens is 4. The monoisotopic (exact) mass is 339 g/mol. The van der Waals surface area contributed by atoms with Crippen LogP contribution in [0.1, 0.15) is 22.8 Å². The fourth-order valence-electron chi connectivity index (χ4n) is 2.48. The van der Waals surface area contributed by atoms with E-state index < -0.39 is 4.92 Å². The van der Waals surface area contributed by atoms with Crippen LogP contribution in [0.3, 0.4) is 0 Å². The number of nitro groups is 1. The second kappa shape index (κ2) is 7.08. The minimum Gasteiger partial charge on any atom is -0.497 e. The third-order valence-electron chi connectivity index (χ3n) is 3.73. The van der Waals surface area contributed by atoms with Gasteiger partial charge in [-0.05, 0) is 23.8 Å². The Labute approximate surface area is 144 Å². The summed E-state index contributed by atoms with van der Waals surface area (Å²) < 4.78 is 6.82. The highest BCUT2D eigenvalue weighted by atomic mass is 16.6. The molecule has 25 heavy (non-hydrogen) atoms. The molecule has 2 aromatic heterocycles. The van der Waals surface area contributed by atoms with E-state index in [2.05, 4.69) is 15.1 Å². The molecule has 0 spiro atoms. The largest absolute Gasteiger partial charge is 0.497 e. The van der Waals surface area contributed by atoms with Gasteiger partial charge in [0.15, 0.2) is 0 Å². The van der Waals surface area contributed by atoms with E-state index in [9.17, 15) is 10.1 Å². The van der Waals surface area contributed by atoms with E-state index in [0.29, 0.717) is 24.4 Å². The van der Waals surface area contributed by atoms with Crippen molar-refractivity contribution in [3.05, 3.63) is 75.6 Å². The third-order valence-corrected chi connectivity index (χ3v) is 3.73. The number of rotatable bonds is 6. The molecule has 0 aliphatic rings. The van der Waals surface area contributed by atoms with E-state index in [1.54, 1.807) is 11.8 Å². The minimum absolute atomic E-state index is 0.0828. The van der Waals surface area contributed by atoms with E-state index in [1.807, 2.05) is 43.6 Å². The van der Waals surface area contributed by atoms with Crippen LogP contribution in [0.15, 0.2) is 42.7 Å². The Bertz CT molecular complexity index is 890. The van der Waals surface area contributed by atoms with E-state index in [4.69, 9.17) is 4.74 Å². The molecular formula is C17H17N5O3. The average Bonchev–Trinajstić information content (AvgIpc) is 3.00. The molecule has 0 atom stereocenters. The predicted octanol–water partition coefficient (Wildman–Crippen LogP) is 2.31. The van der Waals surface area contributed by atoms with E-state index in [-0.39, 0.29) is 5.69 Å². The van der Waals surface area contributed by atoms with Gasteiger partial charge in [0.2, 0.25) is 0 Å². The first-order chi connectivity index (χ1) is 12.0. The highest BCUT2D eigenvalue weighted by Gasteiger charge is 2.18. The minimum atomic E-state index is -0.455. The smallest absolute Gasteiger partial charge is 0.309 e. The first-order valence-electron chi connectivity index (χ1n) is 7.66. The van der Waals surface area contributed by atoms with E-state index in [0.717, 1.165) is 17.0 Å². The summed E-state index contributed by atoms with van der Waals surface area (Å²) in [6, 6.07) is 9.23. The molecule has 8 heteroatoms. The highest BCUT2D eigenvalue weighted by Crippen LogP contribution is 2.21. The van der Waals surface area contributed by atoms with Gasteiger partial charge < -0.3 is 4.74 Å². The third kappa shape index (κ3) is 3.97. The normalized spacial score (nSPS) is 10.6. The molecule has 128 valence electrons. The second-order valence-electron chi connectivity index (χ2n) is 5.56. The fourth-order valence-corrected chi connectivity index (χ4v) is 2.48. The summed E-state index contributed by atoms with van der Waals surface area (Å²) in [4.78, 5) is 19.3. The molecule has 8 nitrogen and oxygen atoms in total. The van der Waals surface area contributed by atoms with Gasteiger partial charge in [-0.3, -0.25) is 14.8 Å². The van der Waals surface area contributed by atoms with Crippen LogP contribution in [-0.2, 0) is 19.9 Å². The number of nitrogens with zero attached hydrogens (tertiary/aromatic N) is 5. The lowest BCUT2D eigenvalue weighted by molar-refractivity contribution is -0.386. The molecular weight excluding hydrogens is 322 g/mol. The lowest BCUT2D eigenvalue weighted by atomic mass is 10.1. The highest BCUT2D eigenvalue weighted by molar-refractivity contribution is 5.38. The van der Waals surface area contributed by atoms with Gasteiger partial charge in [-0.1, -0.05) is 12.1 Å². The summed E-state index contributed by atoms with van der Waals surface area (Å²) in [6.07, 6.45) is 3.87. The van der Waals surface area contributed by atoms with Crippen LogP contribution in [0.2, 0.25) is 0 Å². The van der Waals surface area contributed by atoms with Gasteiger partial charge in [-0.15, -0.1) is 0 Å². The first-order valence-corrected chi connectivity index (χ1v) is 7.66. The van der Waals surface area contributed by atoms with Crippen molar-refractivity contribution in [2.75, 3.05) is 7.11 Å². The van der Waals surface area contributed by atoms with Crippen molar-refractivity contribution in [3.63, 3.8) is 0 Å². The summed E-state index contributed by atoms with van der Waals surface area (Å²) in [7, 11) is 3.42. The molecule has 0 aliphatic heterocycles. The van der Waals surface area contributed by atoms with Gasteiger partial charge in [0.05, 0.1) is 24.1 Å². The van der Waals surface area contributed by atoms with Crippen LogP contribution in [0.5, 0.6) is 5.75 Å². The van der Waals surface area contributed by atoms with Gasteiger partial charge in [-0.25, -0.2) is 9.97 Å². The molecule has 0 bridgehead atoms. The van der Waals surface area contributed by atoms with Gasteiger partial charge in [0, 0.05) is 19.7 Å². The molecule has 0 aliphatic carbocycles. The summed E-state index contributed by atoms with van der Waals surface area (Å²) in [5.74, 6) is 1.24. The summed E-state index contributed by atoms with van der Waals surface area (Å²) >= 11 is 0. The number of methoxy groups -OCH3 is 1. The van der Waals surface area contributed by atoms with Crippen LogP contribution in [0.4, 0.5) is 5.69 Å². The molecule has 2 heterocycles. The maximum atomic E-state index is 11.3. The Balaban J connectivity index is 1.88. The Hall–Kier alpha value is -3.29. The van der Waals surface area contributed by atoms with Crippen molar-refractivity contribution in [2.45, 2.75) is 12.8 Å². The zero-order valence-corrected chi connectivity index (χ0v) is 13.9. The van der Waals surface area contributed by atoms with Crippen molar-refractivity contribution in [3.8, 4) is 5.75 Å². The van der Waals surface area contributed by atoms with Gasteiger partial charge in [-0.2, -0.15) is 5.10 Å². The van der Waals surface area contributed by atoms with Crippen LogP contribution in [0, 0.1) is 10.1 Å². The summed E-state index contributed by atoms with van der Waals surface area (Å²) in [6.45, 7) is 0. The summed E-state index contributed by atoms with van der Waals surface area (Å²) in [5.41, 5.74) is 2.02. The van der Waals surface area contributed by atoms with Crippen molar-refractivity contribution in [1.29, 1.82) is 0 Å². The van der Waals surface area contributed by atoms with Crippen LogP contribution < -0.4 is 4.74 Å². The first kappa shape index (κ1) is 16.6. The Morgan fingerprint density at radius 2 is 1.96 bits per heavy atom. The molecule has 0 saturated carbocycles. The van der Waals surface area contributed by atoms with E-state index >= 15 is 0 Å². The molecule has 0 radical (unpaired) electrons. The summed E-state index contributed by atoms with van der Waals surface area (Å²) in [5, 5.41) is 15.6. The number of ether oxygens (including phenoxy) is 1. The Morgan fingerprint density at radius 1 is 1.20 bits per heavy atom. The zero-order valence-electron chi connectivity index (χ0n) is 13.9. The lowest BCUT2D eigenvalue weighted by Gasteiger charge is -2.06. The molecule has 0 N–H and O–H groups in total. The van der Waals surface area contributed by atoms with Gasteiger partial charge >= 0.3 is 5.69 Å². The number of benzene rings is 1. The Morgan fingerprint density at radius 3 is 2.56 bits per heavy atom. The molecule has 0 saturated heterocycles. The van der Waals surface area contributed by atoms with Crippen LogP contribution in [-0.4, -0.2) is 31.8 Å². The fraction of sp³-hybridized carbons (Fsp3) is 0.235. The average molecular weight is 339 g/mol. The van der Waals surface area contributed by atoms with Gasteiger partial charge in [0.25, 0.3) is 0 Å². The zero-order chi connectivity index (χ0) is 17.8. The molecule has 0 unspecified atom stereocenters. The van der Waals surface area contributed by atoms with Crippen molar-refractivity contribution >= 4 is 5.69 Å². The van der Waals surface area contributed by atoms with Crippen LogP contribution >= 0.6 is 0 Å². The molecule has 1 aromatic carbocycles. The molecule has 3 rings (SSSR count). The maximum absolute atomic E-state index is 11.3. The van der Waals surface area contributed by atoms with E-state index in [1.165, 1.54) is 6.20 Å². The standard InChI is InChI=1S/C17H17N5O3/c1-21-8-7-13(20-21)10-17-18-11-16(22(23)24)15(19-17)9-12-3-5-14(25-2)6-4-12/h3-8,11H,9-10H2,1-2H3. The van der Waals surface area contributed by atoms with Crippen molar-refractivity contribution in [1.82, 2.24) is 19.7 Å². The van der Waals surface area contributed by atoms with Crippen LogP contribution in [0.25, 0.3) is 0 Å². The van der Waals surface area contributed by atoms with Gasteiger partial charge in [0.1, 0.15) is 23.5 Å².